The highest BCUT2D eigenvalue weighted by molar-refractivity contribution is 6.46. The highest BCUT2D eigenvalue weighted by atomic mass is 16.5. The van der Waals surface area contributed by atoms with Gasteiger partial charge in [-0.3, -0.25) is 14.6 Å². The van der Waals surface area contributed by atoms with Crippen LogP contribution < -0.4 is 4.74 Å². The molecule has 0 bridgehead atoms. The van der Waals surface area contributed by atoms with Crippen LogP contribution >= 0.6 is 0 Å². The van der Waals surface area contributed by atoms with Crippen molar-refractivity contribution in [2.45, 2.75) is 39.8 Å². The average molecular weight is 438 g/mol. The Bertz CT molecular complexity index is 984. The number of rotatable bonds is 9. The van der Waals surface area contributed by atoms with Gasteiger partial charge >= 0.3 is 0 Å². The Morgan fingerprint density at radius 1 is 1.16 bits per heavy atom. The summed E-state index contributed by atoms with van der Waals surface area (Å²) in [4.78, 5) is 33.9. The van der Waals surface area contributed by atoms with Gasteiger partial charge in [0.15, 0.2) is 0 Å². The highest BCUT2D eigenvalue weighted by Crippen LogP contribution is 2.39. The van der Waals surface area contributed by atoms with Gasteiger partial charge in [0.1, 0.15) is 11.5 Å². The molecule has 0 saturated carbocycles. The van der Waals surface area contributed by atoms with Crippen molar-refractivity contribution in [3.63, 3.8) is 0 Å². The molecule has 3 rings (SSSR count). The zero-order chi connectivity index (χ0) is 23.3. The van der Waals surface area contributed by atoms with E-state index in [0.29, 0.717) is 24.4 Å². The molecule has 1 aromatic carbocycles. The number of aromatic nitrogens is 1. The van der Waals surface area contributed by atoms with Crippen molar-refractivity contribution in [2.75, 3.05) is 26.2 Å². The molecule has 0 spiro atoms. The summed E-state index contributed by atoms with van der Waals surface area (Å²) in [5.74, 6) is -0.904. The summed E-state index contributed by atoms with van der Waals surface area (Å²) >= 11 is 0. The minimum absolute atomic E-state index is 0.0325. The predicted molar refractivity (Wildman–Crippen MR) is 123 cm³/mol. The van der Waals surface area contributed by atoms with E-state index in [4.69, 9.17) is 4.74 Å². The summed E-state index contributed by atoms with van der Waals surface area (Å²) in [7, 11) is 0. The van der Waals surface area contributed by atoms with Gasteiger partial charge in [-0.1, -0.05) is 26.0 Å². The molecule has 32 heavy (non-hydrogen) atoms. The number of nitrogens with zero attached hydrogens (tertiary/aromatic N) is 3. The van der Waals surface area contributed by atoms with Crippen LogP contribution in [0.5, 0.6) is 5.75 Å². The van der Waals surface area contributed by atoms with Crippen molar-refractivity contribution in [1.29, 1.82) is 0 Å². The average Bonchev–Trinajstić information content (AvgIpc) is 3.04. The third-order valence-electron chi connectivity index (χ3n) is 5.59. The fourth-order valence-electron chi connectivity index (χ4n) is 3.94. The minimum Gasteiger partial charge on any atom is -0.507 e. The van der Waals surface area contributed by atoms with E-state index in [1.165, 1.54) is 0 Å². The summed E-state index contributed by atoms with van der Waals surface area (Å²) in [5, 5.41) is 11.2. The molecule has 170 valence electrons. The van der Waals surface area contributed by atoms with Gasteiger partial charge in [-0.05, 0) is 56.8 Å². The van der Waals surface area contributed by atoms with Gasteiger partial charge in [-0.25, -0.2) is 0 Å². The first-order valence-electron chi connectivity index (χ1n) is 11.0. The van der Waals surface area contributed by atoms with Crippen molar-refractivity contribution in [2.24, 2.45) is 0 Å². The zero-order valence-electron chi connectivity index (χ0n) is 19.1. The Labute approximate surface area is 189 Å². The fraction of sp³-hybridized carbons (Fsp3) is 0.400. The molecule has 1 saturated heterocycles. The molecule has 7 nitrogen and oxygen atoms in total. The van der Waals surface area contributed by atoms with Gasteiger partial charge in [0, 0.05) is 31.0 Å². The molecule has 1 amide bonds. The Hall–Kier alpha value is -3.19. The molecule has 1 atom stereocenters. The summed E-state index contributed by atoms with van der Waals surface area (Å²) < 4.78 is 5.73. The summed E-state index contributed by atoms with van der Waals surface area (Å²) in [5.41, 5.74) is 1.25. The lowest BCUT2D eigenvalue weighted by molar-refractivity contribution is -0.140. The Kier molecular flexibility index (Phi) is 7.64. The molecule has 1 N–H and O–H groups in total. The zero-order valence-corrected chi connectivity index (χ0v) is 19.1. The number of ketones is 1. The third kappa shape index (κ3) is 4.99. The SMILES string of the molecule is CCN(CC)CCN1C(=O)C(=O)/C(=C(\O)c2cccc(OC(C)C)c2)C1c1ccncc1. The number of hydrogen-bond acceptors (Lipinski definition) is 6. The number of hydrogen-bond donors (Lipinski definition) is 1. The molecule has 1 unspecified atom stereocenters. The van der Waals surface area contributed by atoms with E-state index < -0.39 is 17.7 Å². The molecule has 1 fully saturated rings. The van der Waals surface area contributed by atoms with E-state index >= 15 is 0 Å². The van der Waals surface area contributed by atoms with Gasteiger partial charge in [0.05, 0.1) is 17.7 Å². The first-order valence-corrected chi connectivity index (χ1v) is 11.0. The van der Waals surface area contributed by atoms with Crippen molar-refractivity contribution < 1.29 is 19.4 Å². The monoisotopic (exact) mass is 437 g/mol. The number of aliphatic hydroxyl groups is 1. The molecule has 0 aliphatic carbocycles. The second-order valence-corrected chi connectivity index (χ2v) is 7.99. The van der Waals surface area contributed by atoms with Crippen LogP contribution in [0, 0.1) is 0 Å². The van der Waals surface area contributed by atoms with Crippen LogP contribution in [0.1, 0.15) is 44.9 Å². The maximum atomic E-state index is 13.1. The molecule has 0 radical (unpaired) electrons. The van der Waals surface area contributed by atoms with Gasteiger partial charge in [-0.2, -0.15) is 0 Å². The largest absolute Gasteiger partial charge is 0.507 e. The number of likely N-dealkylation sites (N-methyl/N-ethyl adjacent to an activating group) is 1. The first kappa shape index (κ1) is 23.5. The summed E-state index contributed by atoms with van der Waals surface area (Å²) in [6.07, 6.45) is 3.21. The van der Waals surface area contributed by atoms with Gasteiger partial charge < -0.3 is 19.6 Å². The van der Waals surface area contributed by atoms with Crippen LogP contribution in [-0.2, 0) is 9.59 Å². The minimum atomic E-state index is -0.681. The lowest BCUT2D eigenvalue weighted by Gasteiger charge is -2.28. The number of Topliss-reactive ketones (excluding diaryl/α,β-unsaturated/α-hetero) is 1. The summed E-state index contributed by atoms with van der Waals surface area (Å²) in [6.45, 7) is 10.7. The lowest BCUT2D eigenvalue weighted by Crippen LogP contribution is -2.38. The van der Waals surface area contributed by atoms with Crippen LogP contribution in [-0.4, -0.2) is 63.9 Å². The fourth-order valence-corrected chi connectivity index (χ4v) is 3.94. The lowest BCUT2D eigenvalue weighted by atomic mass is 9.96. The molecule has 1 aromatic heterocycles. The molecular weight excluding hydrogens is 406 g/mol. The molecule has 2 heterocycles. The van der Waals surface area contributed by atoms with E-state index in [-0.39, 0.29) is 17.4 Å². The molecular formula is C25H31N3O4. The van der Waals surface area contributed by atoms with E-state index in [1.807, 2.05) is 13.8 Å². The van der Waals surface area contributed by atoms with Crippen LogP contribution in [0.4, 0.5) is 0 Å². The highest BCUT2D eigenvalue weighted by Gasteiger charge is 2.45. The van der Waals surface area contributed by atoms with Gasteiger partial charge in [0.25, 0.3) is 11.7 Å². The maximum Gasteiger partial charge on any atom is 0.295 e. The number of amides is 1. The first-order chi connectivity index (χ1) is 15.4. The van der Waals surface area contributed by atoms with E-state index in [9.17, 15) is 14.7 Å². The number of benzene rings is 1. The molecule has 1 aliphatic heterocycles. The predicted octanol–water partition coefficient (Wildman–Crippen LogP) is 3.63. The number of carbonyl (C=O) groups is 2. The van der Waals surface area contributed by atoms with E-state index in [0.717, 1.165) is 18.7 Å². The standard InChI is InChI=1S/C25H31N3O4/c1-5-27(6-2)14-15-28-22(18-10-12-26-13-11-18)21(24(30)25(28)31)23(29)19-8-7-9-20(16-19)32-17(3)4/h7-13,16-17,22,29H,5-6,14-15H2,1-4H3/b23-21-. The number of pyridine rings is 1. The smallest absolute Gasteiger partial charge is 0.295 e. The second-order valence-electron chi connectivity index (χ2n) is 7.99. The maximum absolute atomic E-state index is 13.1. The number of ether oxygens (including phenoxy) is 1. The van der Waals surface area contributed by atoms with Gasteiger partial charge in [-0.15, -0.1) is 0 Å². The number of carbonyl (C=O) groups excluding carboxylic acids is 2. The van der Waals surface area contributed by atoms with Crippen molar-refractivity contribution in [1.82, 2.24) is 14.8 Å². The van der Waals surface area contributed by atoms with Crippen LogP contribution in [0.2, 0.25) is 0 Å². The van der Waals surface area contributed by atoms with Crippen LogP contribution in [0.15, 0.2) is 54.4 Å². The quantitative estimate of drug-likeness (QED) is 0.366. The number of likely N-dealkylation sites (tertiary alicyclic amines) is 1. The van der Waals surface area contributed by atoms with E-state index in [1.54, 1.807) is 53.7 Å². The third-order valence-corrected chi connectivity index (χ3v) is 5.59. The molecule has 2 aromatic rings. The van der Waals surface area contributed by atoms with Crippen molar-refractivity contribution in [3.8, 4) is 5.75 Å². The topological polar surface area (TPSA) is 83.0 Å². The van der Waals surface area contributed by atoms with Gasteiger partial charge in [0.2, 0.25) is 0 Å². The Morgan fingerprint density at radius 3 is 2.47 bits per heavy atom. The number of aliphatic hydroxyl groups excluding tert-OH is 1. The Morgan fingerprint density at radius 2 is 1.84 bits per heavy atom. The molecule has 1 aliphatic rings. The van der Waals surface area contributed by atoms with Crippen molar-refractivity contribution in [3.05, 3.63) is 65.5 Å². The molecule has 7 heteroatoms. The second kappa shape index (κ2) is 10.4. The van der Waals surface area contributed by atoms with E-state index in [2.05, 4.69) is 23.7 Å². The van der Waals surface area contributed by atoms with Crippen LogP contribution in [0.3, 0.4) is 0 Å². The normalized spacial score (nSPS) is 18.1. The van der Waals surface area contributed by atoms with Crippen molar-refractivity contribution >= 4 is 17.4 Å². The summed E-state index contributed by atoms with van der Waals surface area (Å²) in [6, 6.07) is 9.80. The van der Waals surface area contributed by atoms with Crippen LogP contribution in [0.25, 0.3) is 5.76 Å². The Balaban J connectivity index is 2.06.